The van der Waals surface area contributed by atoms with Gasteiger partial charge in [0.15, 0.2) is 0 Å². The second-order valence-corrected chi connectivity index (χ2v) is 12.1. The molecule has 0 atom stereocenters. The lowest BCUT2D eigenvalue weighted by molar-refractivity contribution is 1.19. The van der Waals surface area contributed by atoms with Gasteiger partial charge in [-0.1, -0.05) is 91.0 Å². The monoisotopic (exact) mass is 579 g/mol. The van der Waals surface area contributed by atoms with Crippen LogP contribution in [0.1, 0.15) is 0 Å². The van der Waals surface area contributed by atoms with Gasteiger partial charge in [0.05, 0.1) is 27.1 Å². The number of hydrogen-bond acceptors (Lipinski definition) is 3. The van der Waals surface area contributed by atoms with E-state index in [1.165, 1.54) is 42.0 Å². The van der Waals surface area contributed by atoms with Gasteiger partial charge in [-0.15, -0.1) is 11.3 Å². The molecule has 3 nitrogen and oxygen atoms in total. The molecule has 0 radical (unpaired) electrons. The third-order valence-electron chi connectivity index (χ3n) is 8.51. The van der Waals surface area contributed by atoms with Gasteiger partial charge in [0.1, 0.15) is 0 Å². The first kappa shape index (κ1) is 25.0. The van der Waals surface area contributed by atoms with Crippen molar-refractivity contribution < 1.29 is 0 Å². The van der Waals surface area contributed by atoms with Gasteiger partial charge in [-0.05, 0) is 59.7 Å². The molecule has 4 aromatic heterocycles. The van der Waals surface area contributed by atoms with E-state index in [-0.39, 0.29) is 0 Å². The minimum Gasteiger partial charge on any atom is -0.308 e. The van der Waals surface area contributed by atoms with Gasteiger partial charge in [0.25, 0.3) is 0 Å². The zero-order valence-electron chi connectivity index (χ0n) is 23.7. The van der Waals surface area contributed by atoms with Crippen LogP contribution in [0.4, 0.5) is 0 Å². The zero-order chi connectivity index (χ0) is 29.0. The van der Waals surface area contributed by atoms with Crippen LogP contribution in [0.25, 0.3) is 81.3 Å². The fourth-order valence-corrected chi connectivity index (χ4v) is 7.67. The maximum atomic E-state index is 5.14. The van der Waals surface area contributed by atoms with Crippen LogP contribution in [0, 0.1) is 0 Å². The summed E-state index contributed by atoms with van der Waals surface area (Å²) >= 11 is 1.88. The Labute approximate surface area is 258 Å². The molecule has 206 valence electrons. The molecule has 0 aliphatic rings. The topological polar surface area (TPSA) is 30.7 Å². The van der Waals surface area contributed by atoms with Crippen LogP contribution in [0.2, 0.25) is 0 Å². The lowest BCUT2D eigenvalue weighted by Gasteiger charge is -2.12. The molecule has 0 fully saturated rings. The van der Waals surface area contributed by atoms with Crippen LogP contribution >= 0.6 is 11.3 Å². The molecule has 0 amide bonds. The van der Waals surface area contributed by atoms with Crippen molar-refractivity contribution in [1.82, 2.24) is 14.5 Å². The van der Waals surface area contributed by atoms with Crippen LogP contribution in [-0.4, -0.2) is 14.5 Å². The van der Waals surface area contributed by atoms with Crippen molar-refractivity contribution in [2.24, 2.45) is 0 Å². The summed E-state index contributed by atoms with van der Waals surface area (Å²) in [5.41, 5.74) is 9.93. The third kappa shape index (κ3) is 3.96. The number of benzene rings is 5. The first-order chi connectivity index (χ1) is 21.8. The Bertz CT molecular complexity index is 2420. The van der Waals surface area contributed by atoms with Crippen molar-refractivity contribution in [1.29, 1.82) is 0 Å². The van der Waals surface area contributed by atoms with E-state index in [4.69, 9.17) is 4.98 Å². The summed E-state index contributed by atoms with van der Waals surface area (Å²) in [6, 6.07) is 49.7. The maximum Gasteiger partial charge on any atom is 0.0719 e. The van der Waals surface area contributed by atoms with Gasteiger partial charge >= 0.3 is 0 Å². The SMILES string of the molecule is c1ccc(-c2cc(-c3ccncc3)cc(-c3ccc(-n4c5ccccc5c5ccc6c7ccccc7sc6c54)cc3)n2)cc1. The number of fused-ring (bicyclic) bond motifs is 7. The fourth-order valence-electron chi connectivity index (χ4n) is 6.43. The summed E-state index contributed by atoms with van der Waals surface area (Å²) < 4.78 is 5.07. The third-order valence-corrected chi connectivity index (χ3v) is 9.70. The Kier molecular flexibility index (Phi) is 5.68. The Morgan fingerprint density at radius 2 is 1.14 bits per heavy atom. The largest absolute Gasteiger partial charge is 0.308 e. The van der Waals surface area contributed by atoms with Crippen molar-refractivity contribution in [2.45, 2.75) is 0 Å². The highest BCUT2D eigenvalue weighted by molar-refractivity contribution is 7.26. The first-order valence-electron chi connectivity index (χ1n) is 14.7. The van der Waals surface area contributed by atoms with E-state index in [1.54, 1.807) is 0 Å². The molecule has 0 unspecified atom stereocenters. The smallest absolute Gasteiger partial charge is 0.0719 e. The first-order valence-corrected chi connectivity index (χ1v) is 15.6. The summed E-state index contributed by atoms with van der Waals surface area (Å²) in [7, 11) is 0. The van der Waals surface area contributed by atoms with E-state index >= 15 is 0 Å². The summed E-state index contributed by atoms with van der Waals surface area (Å²) in [6.07, 6.45) is 3.68. The molecule has 9 aromatic rings. The van der Waals surface area contributed by atoms with E-state index < -0.39 is 0 Å². The van der Waals surface area contributed by atoms with Gasteiger partial charge in [-0.3, -0.25) is 4.98 Å². The van der Waals surface area contributed by atoms with Crippen LogP contribution in [0.3, 0.4) is 0 Å². The number of rotatable bonds is 4. The molecule has 0 bridgehead atoms. The molecular weight excluding hydrogens is 555 g/mol. The summed E-state index contributed by atoms with van der Waals surface area (Å²) in [6.45, 7) is 0. The number of nitrogens with zero attached hydrogens (tertiary/aromatic N) is 3. The summed E-state index contributed by atoms with van der Waals surface area (Å²) in [5, 5.41) is 5.17. The van der Waals surface area contributed by atoms with E-state index in [2.05, 4.69) is 131 Å². The molecule has 0 spiro atoms. The van der Waals surface area contributed by atoms with Crippen molar-refractivity contribution >= 4 is 53.3 Å². The highest BCUT2D eigenvalue weighted by atomic mass is 32.1. The van der Waals surface area contributed by atoms with Gasteiger partial charge in [0, 0.05) is 55.5 Å². The predicted octanol–water partition coefficient (Wildman–Crippen LogP) is 10.9. The van der Waals surface area contributed by atoms with E-state index in [0.29, 0.717) is 0 Å². The molecule has 0 saturated heterocycles. The highest BCUT2D eigenvalue weighted by Crippen LogP contribution is 2.43. The molecule has 5 aromatic carbocycles. The lowest BCUT2D eigenvalue weighted by Crippen LogP contribution is -1.95. The van der Waals surface area contributed by atoms with E-state index in [1.807, 2.05) is 41.9 Å². The number of para-hydroxylation sites is 1. The van der Waals surface area contributed by atoms with Crippen molar-refractivity contribution in [3.05, 3.63) is 152 Å². The standard InChI is InChI=1S/C40H25N3S/c1-2-8-27(9-3-1)35-24-29(26-20-22-41-23-21-26)25-36(42-35)28-14-16-30(17-15-28)43-37-12-6-4-10-31(37)33-18-19-34-32-11-5-7-13-38(32)44-40(34)39(33)43/h1-25H. The number of aromatic nitrogens is 3. The summed E-state index contributed by atoms with van der Waals surface area (Å²) in [4.78, 5) is 9.36. The quantitative estimate of drug-likeness (QED) is 0.208. The fraction of sp³-hybridized carbons (Fsp3) is 0. The second-order valence-electron chi connectivity index (χ2n) is 11.1. The van der Waals surface area contributed by atoms with Gasteiger partial charge in [0.2, 0.25) is 0 Å². The lowest BCUT2D eigenvalue weighted by atomic mass is 10.0. The number of pyridine rings is 2. The molecule has 0 aliphatic carbocycles. The average Bonchev–Trinajstić information content (AvgIpc) is 3.65. The second kappa shape index (κ2) is 10.0. The van der Waals surface area contributed by atoms with Gasteiger partial charge in [-0.25, -0.2) is 4.98 Å². The molecule has 0 saturated carbocycles. The van der Waals surface area contributed by atoms with Crippen molar-refractivity contribution in [2.75, 3.05) is 0 Å². The molecule has 44 heavy (non-hydrogen) atoms. The van der Waals surface area contributed by atoms with Crippen molar-refractivity contribution in [3.8, 4) is 39.3 Å². The Morgan fingerprint density at radius 3 is 1.93 bits per heavy atom. The minimum atomic E-state index is 0.943. The normalized spacial score (nSPS) is 11.6. The molecule has 0 aliphatic heterocycles. The van der Waals surface area contributed by atoms with Crippen LogP contribution in [0.5, 0.6) is 0 Å². The van der Waals surface area contributed by atoms with Gasteiger partial charge in [-0.2, -0.15) is 0 Å². The molecule has 0 N–H and O–H groups in total. The Hall–Kier alpha value is -5.58. The number of hydrogen-bond donors (Lipinski definition) is 0. The molecule has 9 rings (SSSR count). The van der Waals surface area contributed by atoms with Crippen LogP contribution in [-0.2, 0) is 0 Å². The molecule has 4 heterocycles. The minimum absolute atomic E-state index is 0.943. The number of thiophene rings is 1. The van der Waals surface area contributed by atoms with E-state index in [9.17, 15) is 0 Å². The average molecular weight is 580 g/mol. The Morgan fingerprint density at radius 1 is 0.477 bits per heavy atom. The van der Waals surface area contributed by atoms with E-state index in [0.717, 1.165) is 39.3 Å². The maximum absolute atomic E-state index is 5.14. The zero-order valence-corrected chi connectivity index (χ0v) is 24.5. The van der Waals surface area contributed by atoms with Crippen LogP contribution in [0.15, 0.2) is 152 Å². The highest BCUT2D eigenvalue weighted by Gasteiger charge is 2.18. The Balaban J connectivity index is 1.24. The molecule has 4 heteroatoms. The molecular formula is C40H25N3S. The van der Waals surface area contributed by atoms with Gasteiger partial charge < -0.3 is 4.57 Å². The van der Waals surface area contributed by atoms with Crippen molar-refractivity contribution in [3.63, 3.8) is 0 Å². The van der Waals surface area contributed by atoms with Crippen LogP contribution < -0.4 is 0 Å². The summed E-state index contributed by atoms with van der Waals surface area (Å²) in [5.74, 6) is 0. The predicted molar refractivity (Wildman–Crippen MR) is 186 cm³/mol.